The van der Waals surface area contributed by atoms with Gasteiger partial charge in [-0.3, -0.25) is 14.8 Å². The molecule has 0 atom stereocenters. The fraction of sp³-hybridized carbons (Fsp3) is 0.136. The number of pyridine rings is 1. The van der Waals surface area contributed by atoms with Gasteiger partial charge < -0.3 is 14.8 Å². The van der Waals surface area contributed by atoms with Crippen molar-refractivity contribution in [2.45, 2.75) is 6.61 Å². The summed E-state index contributed by atoms with van der Waals surface area (Å²) in [5.41, 5.74) is 3.12. The lowest BCUT2D eigenvalue weighted by Gasteiger charge is -2.09. The molecule has 0 aliphatic carbocycles. The zero-order valence-electron chi connectivity index (χ0n) is 16.1. The van der Waals surface area contributed by atoms with E-state index in [0.717, 1.165) is 5.56 Å². The molecule has 30 heavy (non-hydrogen) atoms. The van der Waals surface area contributed by atoms with Crippen LogP contribution in [0.5, 0.6) is 11.6 Å². The predicted molar refractivity (Wildman–Crippen MR) is 109 cm³/mol. The van der Waals surface area contributed by atoms with Gasteiger partial charge in [0, 0.05) is 11.6 Å². The van der Waals surface area contributed by atoms with Gasteiger partial charge in [-0.1, -0.05) is 36.4 Å². The summed E-state index contributed by atoms with van der Waals surface area (Å²) in [5.74, 6) is -0.0297. The van der Waals surface area contributed by atoms with Crippen LogP contribution < -0.4 is 20.3 Å². The number of benzene rings is 2. The summed E-state index contributed by atoms with van der Waals surface area (Å²) in [7, 11) is 0. The number of hydroxylamine groups is 1. The Morgan fingerprint density at radius 3 is 2.37 bits per heavy atom. The van der Waals surface area contributed by atoms with Crippen molar-refractivity contribution < 1.29 is 24.3 Å². The second-order valence-electron chi connectivity index (χ2n) is 6.21. The Balaban J connectivity index is 1.44. The topological polar surface area (TPSA) is 110 Å². The molecular formula is C22H21N3O5. The average molecular weight is 407 g/mol. The van der Waals surface area contributed by atoms with Crippen molar-refractivity contribution in [1.29, 1.82) is 0 Å². The van der Waals surface area contributed by atoms with Crippen LogP contribution in [0.4, 0.5) is 0 Å². The van der Waals surface area contributed by atoms with Crippen molar-refractivity contribution in [1.82, 2.24) is 15.8 Å². The van der Waals surface area contributed by atoms with Crippen molar-refractivity contribution in [2.24, 2.45) is 0 Å². The molecule has 0 spiro atoms. The van der Waals surface area contributed by atoms with Crippen molar-refractivity contribution in [2.75, 3.05) is 13.2 Å². The first kappa shape index (κ1) is 20.8. The molecular weight excluding hydrogens is 386 g/mol. The molecule has 8 heteroatoms. The fourth-order valence-electron chi connectivity index (χ4n) is 2.54. The smallest absolute Gasteiger partial charge is 0.274 e. The Morgan fingerprint density at radius 2 is 1.63 bits per heavy atom. The Labute approximate surface area is 173 Å². The van der Waals surface area contributed by atoms with Gasteiger partial charge in [-0.15, -0.1) is 0 Å². The molecule has 0 aliphatic heterocycles. The molecule has 0 aliphatic rings. The van der Waals surface area contributed by atoms with Gasteiger partial charge in [0.2, 0.25) is 5.88 Å². The summed E-state index contributed by atoms with van der Waals surface area (Å²) in [5, 5.41) is 11.3. The van der Waals surface area contributed by atoms with E-state index in [9.17, 15) is 9.59 Å². The third kappa shape index (κ3) is 6.05. The lowest BCUT2D eigenvalue weighted by molar-refractivity contribution is 0.0706. The van der Waals surface area contributed by atoms with Crippen molar-refractivity contribution in [3.63, 3.8) is 0 Å². The van der Waals surface area contributed by atoms with E-state index in [1.54, 1.807) is 35.8 Å². The van der Waals surface area contributed by atoms with E-state index in [0.29, 0.717) is 23.8 Å². The van der Waals surface area contributed by atoms with Gasteiger partial charge in [0.15, 0.2) is 0 Å². The monoisotopic (exact) mass is 407 g/mol. The van der Waals surface area contributed by atoms with E-state index < -0.39 is 5.91 Å². The average Bonchev–Trinajstić information content (AvgIpc) is 2.81. The lowest BCUT2D eigenvalue weighted by Crippen LogP contribution is -2.28. The summed E-state index contributed by atoms with van der Waals surface area (Å²) in [4.78, 5) is 27.8. The molecule has 3 rings (SSSR count). The molecule has 8 nitrogen and oxygen atoms in total. The molecule has 0 unspecified atom stereocenters. The summed E-state index contributed by atoms with van der Waals surface area (Å²) in [6.45, 7) is 0.876. The molecule has 0 bridgehead atoms. The first-order valence-corrected chi connectivity index (χ1v) is 9.25. The largest absolute Gasteiger partial charge is 0.492 e. The van der Waals surface area contributed by atoms with Gasteiger partial charge in [-0.05, 0) is 35.9 Å². The summed E-state index contributed by atoms with van der Waals surface area (Å²) in [6, 6.07) is 20.9. The second-order valence-corrected chi connectivity index (χ2v) is 6.21. The number of amides is 2. The minimum Gasteiger partial charge on any atom is -0.492 e. The van der Waals surface area contributed by atoms with Crippen LogP contribution in [-0.2, 0) is 6.61 Å². The minimum atomic E-state index is -0.601. The number of aromatic nitrogens is 1. The second kappa shape index (κ2) is 10.6. The number of hydrogen-bond donors (Lipinski definition) is 3. The number of nitrogens with one attached hydrogen (secondary N) is 2. The van der Waals surface area contributed by atoms with E-state index in [4.69, 9.17) is 14.7 Å². The molecule has 1 aromatic heterocycles. The highest BCUT2D eigenvalue weighted by molar-refractivity contribution is 5.93. The van der Waals surface area contributed by atoms with Gasteiger partial charge in [0.1, 0.15) is 24.7 Å². The highest BCUT2D eigenvalue weighted by Crippen LogP contribution is 2.12. The van der Waals surface area contributed by atoms with Crippen LogP contribution in [0, 0.1) is 0 Å². The maximum Gasteiger partial charge on any atom is 0.274 e. The van der Waals surface area contributed by atoms with Crippen LogP contribution in [0.2, 0.25) is 0 Å². The minimum absolute atomic E-state index is 0.238. The Hall–Kier alpha value is -3.91. The maximum absolute atomic E-state index is 12.3. The molecule has 0 saturated carbocycles. The molecule has 1 heterocycles. The number of carbonyl (C=O) groups excluding carboxylic acids is 2. The molecule has 2 aromatic carbocycles. The van der Waals surface area contributed by atoms with Crippen LogP contribution in [0.15, 0.2) is 72.8 Å². The summed E-state index contributed by atoms with van der Waals surface area (Å²) < 4.78 is 11.2. The predicted octanol–water partition coefficient (Wildman–Crippen LogP) is 2.59. The van der Waals surface area contributed by atoms with Crippen LogP contribution in [0.3, 0.4) is 0 Å². The fourth-order valence-corrected chi connectivity index (χ4v) is 2.54. The molecule has 0 saturated heterocycles. The Morgan fingerprint density at radius 1 is 0.867 bits per heavy atom. The van der Waals surface area contributed by atoms with Crippen LogP contribution in [0.25, 0.3) is 0 Å². The van der Waals surface area contributed by atoms with E-state index in [1.165, 1.54) is 12.1 Å². The first-order chi connectivity index (χ1) is 14.7. The number of nitrogens with zero attached hydrogens (tertiary/aromatic N) is 1. The van der Waals surface area contributed by atoms with Gasteiger partial charge in [-0.25, -0.2) is 10.5 Å². The molecule has 3 N–H and O–H groups in total. The van der Waals surface area contributed by atoms with E-state index >= 15 is 0 Å². The Bertz CT molecular complexity index is 978. The molecule has 2 amide bonds. The van der Waals surface area contributed by atoms with E-state index in [1.807, 2.05) is 30.3 Å². The SMILES string of the molecule is O=C(NO)c1ccc(OCCNC(=O)c2cccc(OCc3ccccc3)n2)cc1. The third-order valence-electron chi connectivity index (χ3n) is 4.06. The zero-order valence-corrected chi connectivity index (χ0v) is 16.1. The van der Waals surface area contributed by atoms with Gasteiger partial charge in [-0.2, -0.15) is 0 Å². The number of hydrogen-bond acceptors (Lipinski definition) is 6. The normalized spacial score (nSPS) is 10.2. The summed E-state index contributed by atoms with van der Waals surface area (Å²) >= 11 is 0. The van der Waals surface area contributed by atoms with Gasteiger partial charge >= 0.3 is 0 Å². The molecule has 0 fully saturated rings. The molecule has 0 radical (unpaired) electrons. The number of rotatable bonds is 9. The van der Waals surface area contributed by atoms with Crippen molar-refractivity contribution in [3.8, 4) is 11.6 Å². The number of ether oxygens (including phenoxy) is 2. The lowest BCUT2D eigenvalue weighted by atomic mass is 10.2. The maximum atomic E-state index is 12.3. The van der Waals surface area contributed by atoms with Crippen LogP contribution >= 0.6 is 0 Å². The van der Waals surface area contributed by atoms with Gasteiger partial charge in [0.25, 0.3) is 11.8 Å². The van der Waals surface area contributed by atoms with E-state index in [-0.39, 0.29) is 24.8 Å². The summed E-state index contributed by atoms with van der Waals surface area (Å²) in [6.07, 6.45) is 0. The van der Waals surface area contributed by atoms with E-state index in [2.05, 4.69) is 10.3 Å². The van der Waals surface area contributed by atoms with Crippen LogP contribution in [-0.4, -0.2) is 35.2 Å². The van der Waals surface area contributed by atoms with Crippen molar-refractivity contribution >= 4 is 11.8 Å². The zero-order chi connectivity index (χ0) is 21.2. The Kier molecular flexibility index (Phi) is 7.34. The number of carbonyl (C=O) groups is 2. The molecule has 3 aromatic rings. The van der Waals surface area contributed by atoms with Crippen molar-refractivity contribution in [3.05, 3.63) is 89.6 Å². The highest BCUT2D eigenvalue weighted by atomic mass is 16.5. The standard InChI is InChI=1S/C22H21N3O5/c26-21(25-28)17-9-11-18(12-10-17)29-14-13-23-22(27)19-7-4-8-20(24-19)30-15-16-5-2-1-3-6-16/h1-12,28H,13-15H2,(H,23,27)(H,25,26). The highest BCUT2D eigenvalue weighted by Gasteiger charge is 2.09. The third-order valence-corrected chi connectivity index (χ3v) is 4.06. The molecule has 154 valence electrons. The first-order valence-electron chi connectivity index (χ1n) is 9.25. The van der Waals surface area contributed by atoms with Crippen LogP contribution in [0.1, 0.15) is 26.4 Å². The quantitative estimate of drug-likeness (QED) is 0.286. The van der Waals surface area contributed by atoms with Gasteiger partial charge in [0.05, 0.1) is 6.54 Å².